The Kier molecular flexibility index (Phi) is 6.24. The summed E-state index contributed by atoms with van der Waals surface area (Å²) < 4.78 is 19.8. The highest BCUT2D eigenvalue weighted by Crippen LogP contribution is 1.72. The minimum absolute atomic E-state index is 0.222. The van der Waals surface area contributed by atoms with Gasteiger partial charge in [0.2, 0.25) is 0 Å². The summed E-state index contributed by atoms with van der Waals surface area (Å²) in [6.07, 6.45) is 1.05. The van der Waals surface area contributed by atoms with Gasteiger partial charge in [-0.1, -0.05) is 18.0 Å². The minimum Gasteiger partial charge on any atom is -0.772 e. The normalized spacial score (nSPS) is 13.6. The van der Waals surface area contributed by atoms with E-state index in [1.807, 2.05) is 6.92 Å². The van der Waals surface area contributed by atoms with Crippen LogP contribution in [0.2, 0.25) is 0 Å². The van der Waals surface area contributed by atoms with E-state index in [0.29, 0.717) is 6.54 Å². The van der Waals surface area contributed by atoms with Crippen LogP contribution in [0.5, 0.6) is 0 Å². The summed E-state index contributed by atoms with van der Waals surface area (Å²) in [5.41, 5.74) is 0. The maximum atomic E-state index is 9.92. The van der Waals surface area contributed by atoms with Crippen molar-refractivity contribution in [3.8, 4) is 0 Å². The van der Waals surface area contributed by atoms with E-state index in [1.54, 1.807) is 0 Å². The third-order valence-electron chi connectivity index (χ3n) is 0.872. The maximum absolute atomic E-state index is 9.92. The molecule has 4 heteroatoms. The van der Waals surface area contributed by atoms with Crippen LogP contribution in [0.3, 0.4) is 0 Å². The Morgan fingerprint density at radius 2 is 2.22 bits per heavy atom. The van der Waals surface area contributed by atoms with E-state index in [2.05, 4.69) is 5.32 Å². The molecule has 0 amide bonds. The molecule has 0 bridgehead atoms. The van der Waals surface area contributed by atoms with Gasteiger partial charge in [0.15, 0.2) is 0 Å². The van der Waals surface area contributed by atoms with E-state index in [4.69, 9.17) is 0 Å². The number of hydrogen-bond acceptors (Lipinski definition) is 3. The molecular weight excluding hydrogens is 138 g/mol. The first-order chi connectivity index (χ1) is 4.27. The van der Waals surface area contributed by atoms with Crippen molar-refractivity contribution in [3.05, 3.63) is 0 Å². The first-order valence-corrected chi connectivity index (χ1v) is 4.28. The lowest BCUT2D eigenvalue weighted by molar-refractivity contribution is 0.533. The van der Waals surface area contributed by atoms with Gasteiger partial charge in [0.1, 0.15) is 0 Å². The molecule has 0 aliphatic carbocycles. The molecule has 56 valence electrons. The smallest absolute Gasteiger partial charge is 0.0227 e. The first kappa shape index (κ1) is 9.07. The van der Waals surface area contributed by atoms with Crippen LogP contribution in [0.15, 0.2) is 0 Å². The molecule has 0 aromatic heterocycles. The number of hydrogen-bond donors (Lipinski definition) is 1. The number of nitrogens with one attached hydrogen (secondary N) is 1. The fourth-order valence-electron chi connectivity index (χ4n) is 0.457. The molecule has 0 radical (unpaired) electrons. The quantitative estimate of drug-likeness (QED) is 0.438. The molecule has 0 saturated heterocycles. The standard InChI is InChI=1S/C5H13NO2S/c1-2-3-6-4-5-9(7)8/h6H,2-5H2,1H3,(H,7,8)/p-1. The third-order valence-corrected chi connectivity index (χ3v) is 1.41. The van der Waals surface area contributed by atoms with Crippen LogP contribution >= 0.6 is 0 Å². The van der Waals surface area contributed by atoms with Crippen molar-refractivity contribution in [1.29, 1.82) is 0 Å². The van der Waals surface area contributed by atoms with Gasteiger partial charge in [-0.3, -0.25) is 4.21 Å². The predicted octanol–water partition coefficient (Wildman–Crippen LogP) is -0.135. The second kappa shape index (κ2) is 6.19. The molecule has 1 N–H and O–H groups in total. The van der Waals surface area contributed by atoms with Crippen molar-refractivity contribution in [1.82, 2.24) is 5.32 Å². The van der Waals surface area contributed by atoms with Crippen molar-refractivity contribution in [2.45, 2.75) is 13.3 Å². The summed E-state index contributed by atoms with van der Waals surface area (Å²) in [5.74, 6) is 0.222. The van der Waals surface area contributed by atoms with Crippen molar-refractivity contribution < 1.29 is 8.76 Å². The molecule has 1 atom stereocenters. The Morgan fingerprint density at radius 3 is 2.67 bits per heavy atom. The Labute approximate surface area is 58.1 Å². The Balaban J connectivity index is 2.83. The molecule has 0 aromatic carbocycles. The largest absolute Gasteiger partial charge is 0.772 e. The summed E-state index contributed by atoms with van der Waals surface area (Å²) in [6.45, 7) is 3.52. The zero-order valence-corrected chi connectivity index (χ0v) is 6.37. The lowest BCUT2D eigenvalue weighted by atomic mass is 10.5. The van der Waals surface area contributed by atoms with E-state index < -0.39 is 11.1 Å². The predicted molar refractivity (Wildman–Crippen MR) is 36.9 cm³/mol. The van der Waals surface area contributed by atoms with E-state index in [9.17, 15) is 8.76 Å². The Bertz CT molecular complexity index is 87.0. The zero-order chi connectivity index (χ0) is 7.11. The van der Waals surface area contributed by atoms with Crippen LogP contribution in [-0.4, -0.2) is 27.6 Å². The molecule has 0 saturated carbocycles. The van der Waals surface area contributed by atoms with Gasteiger partial charge in [-0.05, 0) is 13.0 Å². The topological polar surface area (TPSA) is 52.2 Å². The summed E-state index contributed by atoms with van der Waals surface area (Å²) >= 11 is -1.88. The summed E-state index contributed by atoms with van der Waals surface area (Å²) in [7, 11) is 0. The van der Waals surface area contributed by atoms with E-state index in [-0.39, 0.29) is 5.75 Å². The monoisotopic (exact) mass is 150 g/mol. The molecule has 0 aliphatic rings. The summed E-state index contributed by atoms with van der Waals surface area (Å²) in [6, 6.07) is 0. The van der Waals surface area contributed by atoms with Crippen LogP contribution in [0.4, 0.5) is 0 Å². The average molecular weight is 150 g/mol. The second-order valence-electron chi connectivity index (χ2n) is 1.76. The molecule has 9 heavy (non-hydrogen) atoms. The SMILES string of the molecule is CCCNCCS(=O)[O-]. The molecule has 0 fully saturated rings. The zero-order valence-electron chi connectivity index (χ0n) is 5.55. The fraction of sp³-hybridized carbons (Fsp3) is 1.00. The molecule has 0 aliphatic heterocycles. The summed E-state index contributed by atoms with van der Waals surface area (Å²) in [4.78, 5) is 0. The number of rotatable bonds is 5. The lowest BCUT2D eigenvalue weighted by Crippen LogP contribution is -2.20. The molecule has 0 spiro atoms. The van der Waals surface area contributed by atoms with Gasteiger partial charge in [-0.2, -0.15) is 0 Å². The van der Waals surface area contributed by atoms with Gasteiger partial charge >= 0.3 is 0 Å². The molecular formula is C5H12NO2S-. The summed E-state index contributed by atoms with van der Waals surface area (Å²) in [5, 5.41) is 2.97. The van der Waals surface area contributed by atoms with Crippen LogP contribution < -0.4 is 5.32 Å². The highest BCUT2D eigenvalue weighted by molar-refractivity contribution is 7.79. The van der Waals surface area contributed by atoms with Crippen molar-refractivity contribution in [3.63, 3.8) is 0 Å². The van der Waals surface area contributed by atoms with Gasteiger partial charge in [-0.15, -0.1) is 0 Å². The maximum Gasteiger partial charge on any atom is 0.0227 e. The molecule has 0 rings (SSSR count). The highest BCUT2D eigenvalue weighted by Gasteiger charge is 1.83. The van der Waals surface area contributed by atoms with E-state index in [1.165, 1.54) is 0 Å². The van der Waals surface area contributed by atoms with Gasteiger partial charge in [0, 0.05) is 12.3 Å². The van der Waals surface area contributed by atoms with Crippen LogP contribution in [0, 0.1) is 0 Å². The highest BCUT2D eigenvalue weighted by atomic mass is 32.2. The van der Waals surface area contributed by atoms with E-state index >= 15 is 0 Å². The molecule has 0 aromatic rings. The fourth-order valence-corrected chi connectivity index (χ4v) is 0.768. The third kappa shape index (κ3) is 8.07. The Hall–Kier alpha value is 0.0700. The van der Waals surface area contributed by atoms with Crippen molar-refractivity contribution in [2.75, 3.05) is 18.8 Å². The molecule has 0 heterocycles. The molecule has 1 unspecified atom stereocenters. The van der Waals surface area contributed by atoms with Crippen LogP contribution in [0.25, 0.3) is 0 Å². The Morgan fingerprint density at radius 1 is 1.56 bits per heavy atom. The second-order valence-corrected chi connectivity index (χ2v) is 2.77. The van der Waals surface area contributed by atoms with Crippen LogP contribution in [-0.2, 0) is 11.1 Å². The minimum atomic E-state index is -1.88. The van der Waals surface area contributed by atoms with Gasteiger partial charge in [0.05, 0.1) is 0 Å². The van der Waals surface area contributed by atoms with Gasteiger partial charge in [0.25, 0.3) is 0 Å². The molecule has 3 nitrogen and oxygen atoms in total. The van der Waals surface area contributed by atoms with Crippen molar-refractivity contribution >= 4 is 11.1 Å². The average Bonchev–Trinajstić information content (AvgIpc) is 1.80. The van der Waals surface area contributed by atoms with Gasteiger partial charge in [-0.25, -0.2) is 0 Å². The van der Waals surface area contributed by atoms with E-state index in [0.717, 1.165) is 13.0 Å². The van der Waals surface area contributed by atoms with Gasteiger partial charge < -0.3 is 9.87 Å². The van der Waals surface area contributed by atoms with Crippen molar-refractivity contribution in [2.24, 2.45) is 0 Å². The first-order valence-electron chi connectivity index (χ1n) is 3.04. The van der Waals surface area contributed by atoms with Crippen LogP contribution in [0.1, 0.15) is 13.3 Å². The lowest BCUT2D eigenvalue weighted by Gasteiger charge is -2.04.